The van der Waals surface area contributed by atoms with Crippen LogP contribution in [-0.2, 0) is 6.42 Å². The van der Waals surface area contributed by atoms with E-state index < -0.39 is 6.04 Å². The predicted molar refractivity (Wildman–Crippen MR) is 116 cm³/mol. The van der Waals surface area contributed by atoms with Gasteiger partial charge in [0.1, 0.15) is 6.04 Å². The molecule has 0 saturated heterocycles. The highest BCUT2D eigenvalue weighted by Gasteiger charge is 2.36. The van der Waals surface area contributed by atoms with E-state index in [1.165, 1.54) is 21.9 Å². The molecule has 0 radical (unpaired) electrons. The molecule has 1 fully saturated rings. The van der Waals surface area contributed by atoms with Crippen molar-refractivity contribution in [1.29, 1.82) is 5.41 Å². The smallest absolute Gasteiger partial charge is 0.252 e. The number of aromatic nitrogens is 1. The van der Waals surface area contributed by atoms with Gasteiger partial charge in [0.15, 0.2) is 5.84 Å². The summed E-state index contributed by atoms with van der Waals surface area (Å²) < 4.78 is 1.72. The van der Waals surface area contributed by atoms with Gasteiger partial charge in [0, 0.05) is 11.8 Å². The van der Waals surface area contributed by atoms with E-state index in [2.05, 4.69) is 46.7 Å². The summed E-state index contributed by atoms with van der Waals surface area (Å²) in [6, 6.07) is 16.1. The van der Waals surface area contributed by atoms with Gasteiger partial charge in [-0.05, 0) is 52.6 Å². The third-order valence-corrected chi connectivity index (χ3v) is 6.92. The Hall–Kier alpha value is -2.93. The van der Waals surface area contributed by atoms with Crippen LogP contribution < -0.4 is 11.4 Å². The first-order valence-corrected chi connectivity index (χ1v) is 10.7. The van der Waals surface area contributed by atoms with Crippen LogP contribution in [0.3, 0.4) is 0 Å². The Morgan fingerprint density at radius 3 is 2.76 bits per heavy atom. The molecule has 0 spiro atoms. The summed E-state index contributed by atoms with van der Waals surface area (Å²) in [5.74, 6) is 6.27. The number of amidine groups is 1. The van der Waals surface area contributed by atoms with Crippen LogP contribution in [0.25, 0.3) is 10.8 Å². The molecule has 0 amide bonds. The molecule has 0 bridgehead atoms. The molecule has 1 saturated carbocycles. The topological polar surface area (TPSA) is 96.6 Å². The van der Waals surface area contributed by atoms with Crippen molar-refractivity contribution in [1.82, 2.24) is 4.57 Å². The lowest BCUT2D eigenvalue weighted by Crippen LogP contribution is -2.28. The molecule has 2 aromatic carbocycles. The number of hydrogen-bond acceptors (Lipinski definition) is 4. The highest BCUT2D eigenvalue weighted by molar-refractivity contribution is 7.99. The fourth-order valence-electron chi connectivity index (χ4n) is 4.28. The maximum Gasteiger partial charge on any atom is 0.252 e. The molecule has 3 aromatic rings. The van der Waals surface area contributed by atoms with Crippen molar-refractivity contribution < 1.29 is 0 Å². The second-order valence-corrected chi connectivity index (χ2v) is 8.62. The van der Waals surface area contributed by atoms with Crippen LogP contribution in [0.4, 0.5) is 0 Å². The number of nitrogens with two attached hydrogens (primary N) is 1. The largest absolute Gasteiger partial charge is 0.305 e. The second-order valence-electron chi connectivity index (χ2n) is 7.61. The van der Waals surface area contributed by atoms with Crippen LogP contribution >= 0.6 is 11.8 Å². The molecular weight excluding hydrogens is 382 g/mol. The van der Waals surface area contributed by atoms with Crippen LogP contribution in [0.15, 0.2) is 68.7 Å². The first-order chi connectivity index (χ1) is 14.2. The summed E-state index contributed by atoms with van der Waals surface area (Å²) in [6.45, 7) is 0. The maximum absolute atomic E-state index is 13.0. The van der Waals surface area contributed by atoms with Crippen molar-refractivity contribution in [2.45, 2.75) is 36.2 Å². The van der Waals surface area contributed by atoms with E-state index in [1.54, 1.807) is 22.4 Å². The quantitative estimate of drug-likeness (QED) is 0.222. The maximum atomic E-state index is 13.0. The van der Waals surface area contributed by atoms with Crippen molar-refractivity contribution in [3.05, 3.63) is 75.6 Å². The van der Waals surface area contributed by atoms with Gasteiger partial charge in [0.2, 0.25) is 0 Å². The van der Waals surface area contributed by atoms with Gasteiger partial charge in [0.05, 0.1) is 5.03 Å². The van der Waals surface area contributed by atoms with Gasteiger partial charge in [0.25, 0.3) is 5.56 Å². The molecule has 1 atom stereocenters. The average molecular weight is 404 g/mol. The Morgan fingerprint density at radius 1 is 1.17 bits per heavy atom. The number of rotatable bonds is 4. The molecular formula is C22H21N5OS. The second kappa shape index (κ2) is 7.15. The van der Waals surface area contributed by atoms with E-state index >= 15 is 0 Å². The molecule has 0 unspecified atom stereocenters. The van der Waals surface area contributed by atoms with Crippen LogP contribution in [0.1, 0.15) is 41.5 Å². The summed E-state index contributed by atoms with van der Waals surface area (Å²) >= 11 is 1.65. The van der Waals surface area contributed by atoms with Crippen molar-refractivity contribution in [2.75, 3.05) is 5.75 Å². The number of fused-ring (bicyclic) bond motifs is 2. The van der Waals surface area contributed by atoms with Gasteiger partial charge in [-0.25, -0.2) is 0 Å². The highest BCUT2D eigenvalue weighted by atomic mass is 32.2. The molecule has 3 N–H and O–H groups in total. The SMILES string of the molecule is N=C(N=NN)[C@@H]1CSc2c(C3CC3)c(Cc3cccc4ccccc34)cc(=O)n21. The predicted octanol–water partition coefficient (Wildman–Crippen LogP) is 4.42. The van der Waals surface area contributed by atoms with Crippen molar-refractivity contribution in [3.8, 4) is 0 Å². The van der Waals surface area contributed by atoms with Crippen LogP contribution in [0, 0.1) is 5.41 Å². The fraction of sp³-hybridized carbons (Fsp3) is 0.273. The standard InChI is InChI=1S/C22H21N5OS/c23-21(25-26-24)18-12-29-22-20(14-8-9-14)16(11-19(28)27(18)22)10-15-6-3-5-13-4-1-2-7-17(13)15/h1-7,11,14,18H,8-10,12H2,(H3,23,24,25)/t18-/m0/s1. The Morgan fingerprint density at radius 2 is 1.97 bits per heavy atom. The number of nitrogens with one attached hydrogen (secondary N) is 1. The number of benzene rings is 2. The summed E-state index contributed by atoms with van der Waals surface area (Å²) in [5, 5.41) is 18.5. The number of thioether (sulfide) groups is 1. The Kier molecular flexibility index (Phi) is 4.47. The Labute approximate surface area is 172 Å². The number of nitrogens with zero attached hydrogens (tertiary/aromatic N) is 3. The lowest BCUT2D eigenvalue weighted by atomic mass is 9.95. The molecule has 2 aliphatic rings. The molecule has 1 aromatic heterocycles. The third kappa shape index (κ3) is 3.15. The van der Waals surface area contributed by atoms with Gasteiger partial charge in [-0.3, -0.25) is 14.8 Å². The summed E-state index contributed by atoms with van der Waals surface area (Å²) in [4.78, 5) is 13.0. The van der Waals surface area contributed by atoms with Crippen LogP contribution in [0.5, 0.6) is 0 Å². The molecule has 2 heterocycles. The molecule has 5 rings (SSSR count). The minimum absolute atomic E-state index is 0.0319. The molecule has 1 aliphatic heterocycles. The average Bonchev–Trinajstić information content (AvgIpc) is 3.45. The number of hydrogen-bond donors (Lipinski definition) is 2. The highest BCUT2D eigenvalue weighted by Crippen LogP contribution is 2.48. The van der Waals surface area contributed by atoms with E-state index in [0.29, 0.717) is 11.7 Å². The minimum Gasteiger partial charge on any atom is -0.305 e. The van der Waals surface area contributed by atoms with Gasteiger partial charge in [-0.1, -0.05) is 47.7 Å². The van der Waals surface area contributed by atoms with E-state index in [-0.39, 0.29) is 11.4 Å². The van der Waals surface area contributed by atoms with Gasteiger partial charge in [-0.2, -0.15) is 0 Å². The molecule has 7 heteroatoms. The van der Waals surface area contributed by atoms with Gasteiger partial charge in [-0.15, -0.1) is 16.9 Å². The summed E-state index contributed by atoms with van der Waals surface area (Å²) in [6.07, 6.45) is 3.04. The first kappa shape index (κ1) is 18.1. The van der Waals surface area contributed by atoms with Gasteiger partial charge >= 0.3 is 0 Å². The molecule has 1 aliphatic carbocycles. The zero-order valence-corrected chi connectivity index (χ0v) is 16.7. The lowest BCUT2D eigenvalue weighted by Gasteiger charge is -2.17. The zero-order valence-electron chi connectivity index (χ0n) is 15.8. The Balaban J connectivity index is 1.63. The molecule has 29 heavy (non-hydrogen) atoms. The van der Waals surface area contributed by atoms with Crippen molar-refractivity contribution in [2.24, 2.45) is 16.2 Å². The van der Waals surface area contributed by atoms with E-state index in [0.717, 1.165) is 29.9 Å². The third-order valence-electron chi connectivity index (χ3n) is 5.75. The minimum atomic E-state index is -0.404. The van der Waals surface area contributed by atoms with E-state index in [1.807, 2.05) is 6.07 Å². The van der Waals surface area contributed by atoms with Crippen LogP contribution in [-0.4, -0.2) is 16.2 Å². The van der Waals surface area contributed by atoms with E-state index in [9.17, 15) is 4.79 Å². The molecule has 6 nitrogen and oxygen atoms in total. The summed E-state index contributed by atoms with van der Waals surface area (Å²) in [5.41, 5.74) is 3.55. The monoisotopic (exact) mass is 403 g/mol. The van der Waals surface area contributed by atoms with Crippen LogP contribution in [0.2, 0.25) is 0 Å². The van der Waals surface area contributed by atoms with Gasteiger partial charge < -0.3 is 5.84 Å². The van der Waals surface area contributed by atoms with Crippen molar-refractivity contribution in [3.63, 3.8) is 0 Å². The fourth-order valence-corrected chi connectivity index (χ4v) is 5.71. The molecule has 146 valence electrons. The Bertz CT molecular complexity index is 1210. The number of pyridine rings is 1. The summed E-state index contributed by atoms with van der Waals surface area (Å²) in [7, 11) is 0. The lowest BCUT2D eigenvalue weighted by molar-refractivity contribution is 0.618. The normalized spacial score (nSPS) is 18.4. The zero-order chi connectivity index (χ0) is 20.0. The first-order valence-electron chi connectivity index (χ1n) is 9.74. The van der Waals surface area contributed by atoms with E-state index in [4.69, 9.17) is 11.3 Å². The van der Waals surface area contributed by atoms with Crippen molar-refractivity contribution >= 4 is 28.4 Å².